The van der Waals surface area contributed by atoms with E-state index in [0.29, 0.717) is 5.56 Å². The van der Waals surface area contributed by atoms with Gasteiger partial charge in [-0.15, -0.1) is 11.6 Å². The second-order valence-corrected chi connectivity index (χ2v) is 3.77. The van der Waals surface area contributed by atoms with Gasteiger partial charge in [0.1, 0.15) is 6.10 Å². The first-order valence-electron chi connectivity index (χ1n) is 5.20. The maximum atomic E-state index is 11.7. The van der Waals surface area contributed by atoms with E-state index in [1.165, 1.54) is 6.92 Å². The molecule has 0 aliphatic rings. The third kappa shape index (κ3) is 4.87. The highest BCUT2D eigenvalue weighted by molar-refractivity contribution is 6.18. The Labute approximate surface area is 105 Å². The second-order valence-electron chi connectivity index (χ2n) is 3.46. The van der Waals surface area contributed by atoms with Crippen molar-refractivity contribution in [3.63, 3.8) is 0 Å². The quantitative estimate of drug-likeness (QED) is 0.642. The van der Waals surface area contributed by atoms with Gasteiger partial charge in [0.25, 0.3) is 5.91 Å². The number of carbonyl (C=O) groups is 2. The van der Waals surface area contributed by atoms with Gasteiger partial charge in [0, 0.05) is 12.5 Å². The maximum absolute atomic E-state index is 11.7. The maximum Gasteiger partial charge on any atom is 0.303 e. The van der Waals surface area contributed by atoms with Crippen LogP contribution < -0.4 is 5.32 Å². The number of hydrogen-bond donors (Lipinski definition) is 1. The first kappa shape index (κ1) is 13.5. The molecule has 1 N–H and O–H groups in total. The number of carbonyl (C=O) groups excluding carboxylic acids is 2. The third-order valence-corrected chi connectivity index (χ3v) is 2.38. The third-order valence-electron chi connectivity index (χ3n) is 2.03. The summed E-state index contributed by atoms with van der Waals surface area (Å²) < 4.78 is 4.90. The first-order chi connectivity index (χ1) is 8.13. The highest BCUT2D eigenvalue weighted by atomic mass is 35.5. The Morgan fingerprint density at radius 3 is 2.53 bits per heavy atom. The fraction of sp³-hybridized carbons (Fsp3) is 0.333. The summed E-state index contributed by atoms with van der Waals surface area (Å²) in [5.41, 5.74) is 0.559. The Kier molecular flexibility index (Phi) is 5.49. The molecule has 5 heteroatoms. The van der Waals surface area contributed by atoms with E-state index in [0.717, 1.165) is 0 Å². The van der Waals surface area contributed by atoms with Crippen LogP contribution in [0.4, 0.5) is 0 Å². The summed E-state index contributed by atoms with van der Waals surface area (Å²) in [6.07, 6.45) is -0.498. The van der Waals surface area contributed by atoms with Crippen molar-refractivity contribution in [2.75, 3.05) is 12.4 Å². The van der Waals surface area contributed by atoms with Gasteiger partial charge in [-0.05, 0) is 12.1 Å². The van der Waals surface area contributed by atoms with Crippen LogP contribution in [-0.2, 0) is 9.53 Å². The molecular weight excluding hydrogens is 242 g/mol. The minimum Gasteiger partial charge on any atom is -0.459 e. The van der Waals surface area contributed by atoms with Gasteiger partial charge in [-0.3, -0.25) is 9.59 Å². The van der Waals surface area contributed by atoms with Crippen LogP contribution in [0.2, 0.25) is 0 Å². The van der Waals surface area contributed by atoms with Crippen molar-refractivity contribution >= 4 is 23.5 Å². The SMILES string of the molecule is CC(=O)OC(CCl)CNC(=O)c1ccccc1. The van der Waals surface area contributed by atoms with E-state index in [9.17, 15) is 9.59 Å². The molecule has 1 rings (SSSR count). The number of benzene rings is 1. The van der Waals surface area contributed by atoms with E-state index in [2.05, 4.69) is 5.32 Å². The van der Waals surface area contributed by atoms with Crippen LogP contribution in [0.25, 0.3) is 0 Å². The van der Waals surface area contributed by atoms with E-state index < -0.39 is 12.1 Å². The zero-order chi connectivity index (χ0) is 12.7. The fourth-order valence-electron chi connectivity index (χ4n) is 1.26. The first-order valence-corrected chi connectivity index (χ1v) is 5.73. The Morgan fingerprint density at radius 2 is 2.00 bits per heavy atom. The van der Waals surface area contributed by atoms with Gasteiger partial charge in [0.15, 0.2) is 0 Å². The summed E-state index contributed by atoms with van der Waals surface area (Å²) in [5.74, 6) is -0.480. The summed E-state index contributed by atoms with van der Waals surface area (Å²) in [6, 6.07) is 8.80. The number of alkyl halides is 1. The number of nitrogens with one attached hydrogen (secondary N) is 1. The number of rotatable bonds is 5. The van der Waals surface area contributed by atoms with Gasteiger partial charge in [-0.25, -0.2) is 0 Å². The van der Waals surface area contributed by atoms with Crippen LogP contribution in [0.5, 0.6) is 0 Å². The average molecular weight is 256 g/mol. The molecule has 0 spiro atoms. The minimum absolute atomic E-state index is 0.147. The number of esters is 1. The molecule has 0 saturated carbocycles. The standard InChI is InChI=1S/C12H14ClNO3/c1-9(15)17-11(7-13)8-14-12(16)10-5-3-2-4-6-10/h2-6,11H,7-8H2,1H3,(H,14,16). The molecule has 1 aromatic carbocycles. The summed E-state index contributed by atoms with van der Waals surface area (Å²) in [6.45, 7) is 1.51. The molecule has 92 valence electrons. The predicted molar refractivity (Wildman–Crippen MR) is 65.0 cm³/mol. The molecule has 0 saturated heterocycles. The molecule has 0 aliphatic carbocycles. The Morgan fingerprint density at radius 1 is 1.35 bits per heavy atom. The van der Waals surface area contributed by atoms with Crippen molar-refractivity contribution in [1.29, 1.82) is 0 Å². The molecule has 0 radical (unpaired) electrons. The number of halogens is 1. The largest absolute Gasteiger partial charge is 0.459 e. The Hall–Kier alpha value is -1.55. The summed E-state index contributed by atoms with van der Waals surface area (Å²) in [5, 5.41) is 2.65. The van der Waals surface area contributed by atoms with Crippen LogP contribution in [0.15, 0.2) is 30.3 Å². The van der Waals surface area contributed by atoms with E-state index in [-0.39, 0.29) is 18.3 Å². The molecule has 1 unspecified atom stereocenters. The van der Waals surface area contributed by atoms with Crippen molar-refractivity contribution < 1.29 is 14.3 Å². The van der Waals surface area contributed by atoms with Crippen molar-refractivity contribution in [1.82, 2.24) is 5.32 Å². The second kappa shape index (κ2) is 6.91. The van der Waals surface area contributed by atoms with Crippen LogP contribution in [-0.4, -0.2) is 30.4 Å². The lowest BCUT2D eigenvalue weighted by Crippen LogP contribution is -2.35. The Balaban J connectivity index is 2.44. The van der Waals surface area contributed by atoms with Gasteiger partial charge in [0.2, 0.25) is 0 Å². The molecule has 0 aliphatic heterocycles. The topological polar surface area (TPSA) is 55.4 Å². The zero-order valence-corrected chi connectivity index (χ0v) is 10.2. The zero-order valence-electron chi connectivity index (χ0n) is 9.48. The smallest absolute Gasteiger partial charge is 0.303 e. The lowest BCUT2D eigenvalue weighted by atomic mass is 10.2. The number of amides is 1. The van der Waals surface area contributed by atoms with Crippen molar-refractivity contribution in [2.24, 2.45) is 0 Å². The molecule has 17 heavy (non-hydrogen) atoms. The van der Waals surface area contributed by atoms with Crippen LogP contribution >= 0.6 is 11.6 Å². The van der Waals surface area contributed by atoms with Gasteiger partial charge in [0.05, 0.1) is 12.4 Å². The molecule has 4 nitrogen and oxygen atoms in total. The summed E-state index contributed by atoms with van der Waals surface area (Å²) >= 11 is 5.61. The number of ether oxygens (including phenoxy) is 1. The lowest BCUT2D eigenvalue weighted by Gasteiger charge is -2.14. The monoisotopic (exact) mass is 255 g/mol. The molecule has 1 amide bonds. The van der Waals surface area contributed by atoms with Gasteiger partial charge in [-0.1, -0.05) is 18.2 Å². The summed E-state index contributed by atoms with van der Waals surface area (Å²) in [4.78, 5) is 22.4. The molecule has 1 aromatic rings. The van der Waals surface area contributed by atoms with Crippen LogP contribution in [0, 0.1) is 0 Å². The highest BCUT2D eigenvalue weighted by Crippen LogP contribution is 1.99. The molecular formula is C12H14ClNO3. The molecule has 0 fully saturated rings. The molecule has 1 atom stereocenters. The van der Waals surface area contributed by atoms with E-state index in [4.69, 9.17) is 16.3 Å². The summed E-state index contributed by atoms with van der Waals surface area (Å²) in [7, 11) is 0. The normalized spacial score (nSPS) is 11.6. The average Bonchev–Trinajstić information content (AvgIpc) is 2.34. The van der Waals surface area contributed by atoms with E-state index in [1.54, 1.807) is 24.3 Å². The van der Waals surface area contributed by atoms with Gasteiger partial charge >= 0.3 is 5.97 Å². The van der Waals surface area contributed by atoms with Crippen LogP contribution in [0.1, 0.15) is 17.3 Å². The van der Waals surface area contributed by atoms with Crippen molar-refractivity contribution in [2.45, 2.75) is 13.0 Å². The molecule has 0 heterocycles. The molecule has 0 aromatic heterocycles. The fourth-order valence-corrected chi connectivity index (χ4v) is 1.43. The van der Waals surface area contributed by atoms with Gasteiger partial charge in [-0.2, -0.15) is 0 Å². The van der Waals surface area contributed by atoms with Crippen LogP contribution in [0.3, 0.4) is 0 Å². The minimum atomic E-state index is -0.498. The predicted octanol–water partition coefficient (Wildman–Crippen LogP) is 1.59. The van der Waals surface area contributed by atoms with E-state index in [1.807, 2.05) is 6.07 Å². The Bertz CT molecular complexity index is 381. The highest BCUT2D eigenvalue weighted by Gasteiger charge is 2.12. The molecule has 0 bridgehead atoms. The van der Waals surface area contributed by atoms with Crippen molar-refractivity contribution in [3.8, 4) is 0 Å². The number of hydrogen-bond acceptors (Lipinski definition) is 3. The van der Waals surface area contributed by atoms with Gasteiger partial charge < -0.3 is 10.1 Å². The lowest BCUT2D eigenvalue weighted by molar-refractivity contribution is -0.145. The van der Waals surface area contributed by atoms with Crippen molar-refractivity contribution in [3.05, 3.63) is 35.9 Å². The van der Waals surface area contributed by atoms with E-state index >= 15 is 0 Å².